The summed E-state index contributed by atoms with van der Waals surface area (Å²) in [5.74, 6) is 0. The molecule has 15 heavy (non-hydrogen) atoms. The monoisotopic (exact) mass is 205 g/mol. The van der Waals surface area contributed by atoms with Gasteiger partial charge < -0.3 is 15.6 Å². The molecule has 0 atom stereocenters. The normalized spacial score (nSPS) is 11.2. The Hall–Kier alpha value is -2.37. The maximum absolute atomic E-state index is 11.6. The molecule has 6 heteroatoms. The standard InChI is InChI=1S/C9H7N3O3/c13-10-5-7-6-11(14)8-3-1-2-4-9(8)12(7)15/h1-6,13H/b10-5+. The van der Waals surface area contributed by atoms with Crippen molar-refractivity contribution in [3.05, 3.63) is 46.6 Å². The number of hydrogen-bond donors (Lipinski definition) is 1. The molecule has 1 aromatic carbocycles. The lowest BCUT2D eigenvalue weighted by molar-refractivity contribution is -0.629. The van der Waals surface area contributed by atoms with E-state index in [2.05, 4.69) is 5.16 Å². The highest BCUT2D eigenvalue weighted by Gasteiger charge is 2.16. The summed E-state index contributed by atoms with van der Waals surface area (Å²) in [5.41, 5.74) is 0.471. The Morgan fingerprint density at radius 1 is 1.20 bits per heavy atom. The van der Waals surface area contributed by atoms with Crippen molar-refractivity contribution in [3.63, 3.8) is 0 Å². The molecule has 0 unspecified atom stereocenters. The molecule has 0 spiro atoms. The van der Waals surface area contributed by atoms with Gasteiger partial charge in [0.25, 0.3) is 17.2 Å². The number of oxime groups is 1. The van der Waals surface area contributed by atoms with Crippen LogP contribution in [0, 0.1) is 10.4 Å². The van der Waals surface area contributed by atoms with Gasteiger partial charge >= 0.3 is 5.69 Å². The summed E-state index contributed by atoms with van der Waals surface area (Å²) in [4.78, 5) is 0. The first-order valence-electron chi connectivity index (χ1n) is 4.16. The van der Waals surface area contributed by atoms with Gasteiger partial charge in [-0.1, -0.05) is 17.3 Å². The summed E-state index contributed by atoms with van der Waals surface area (Å²) in [6.07, 6.45) is 1.96. The van der Waals surface area contributed by atoms with Crippen LogP contribution in [-0.2, 0) is 0 Å². The Kier molecular flexibility index (Phi) is 2.09. The van der Waals surface area contributed by atoms with E-state index in [1.807, 2.05) is 0 Å². The molecule has 1 heterocycles. The zero-order valence-corrected chi connectivity index (χ0v) is 7.57. The van der Waals surface area contributed by atoms with Crippen molar-refractivity contribution in [3.8, 4) is 0 Å². The molecule has 0 radical (unpaired) electrons. The van der Waals surface area contributed by atoms with E-state index in [4.69, 9.17) is 5.21 Å². The summed E-state index contributed by atoms with van der Waals surface area (Å²) in [5, 5.41) is 34.1. The maximum atomic E-state index is 11.6. The third-order valence-corrected chi connectivity index (χ3v) is 2.01. The second-order valence-corrected chi connectivity index (χ2v) is 2.91. The fourth-order valence-electron chi connectivity index (χ4n) is 1.35. The van der Waals surface area contributed by atoms with Crippen LogP contribution in [0.1, 0.15) is 5.69 Å². The topological polar surface area (TPSA) is 86.5 Å². The summed E-state index contributed by atoms with van der Waals surface area (Å²) in [7, 11) is 0. The number of rotatable bonds is 1. The first-order chi connectivity index (χ1) is 7.24. The van der Waals surface area contributed by atoms with Gasteiger partial charge in [-0.3, -0.25) is 0 Å². The van der Waals surface area contributed by atoms with Gasteiger partial charge in [0.1, 0.15) is 6.21 Å². The fraction of sp³-hybridized carbons (Fsp3) is 0. The van der Waals surface area contributed by atoms with Crippen LogP contribution in [0.4, 0.5) is 0 Å². The van der Waals surface area contributed by atoms with Crippen molar-refractivity contribution in [2.45, 2.75) is 0 Å². The van der Waals surface area contributed by atoms with Gasteiger partial charge in [0.05, 0.1) is 0 Å². The third kappa shape index (κ3) is 1.41. The molecule has 2 rings (SSSR count). The molecule has 1 aromatic heterocycles. The minimum atomic E-state index is -0.0220. The SMILES string of the molecule is [O-][n+]1cc(/C=N/O)[n+]([O-])c2ccccc21. The van der Waals surface area contributed by atoms with Crippen molar-refractivity contribution in [2.24, 2.45) is 5.16 Å². The molecule has 76 valence electrons. The number of para-hydroxylation sites is 2. The van der Waals surface area contributed by atoms with Gasteiger partial charge in [0.2, 0.25) is 0 Å². The molecule has 6 nitrogen and oxygen atoms in total. The molecule has 0 amide bonds. The molecule has 2 aromatic rings. The van der Waals surface area contributed by atoms with Gasteiger partial charge in [-0.05, 0) is 0 Å². The van der Waals surface area contributed by atoms with E-state index in [9.17, 15) is 10.4 Å². The van der Waals surface area contributed by atoms with Crippen LogP contribution in [0.2, 0.25) is 0 Å². The van der Waals surface area contributed by atoms with Gasteiger partial charge in [-0.15, -0.1) is 0 Å². The van der Waals surface area contributed by atoms with E-state index in [0.29, 0.717) is 9.46 Å². The van der Waals surface area contributed by atoms with E-state index < -0.39 is 0 Å². The van der Waals surface area contributed by atoms with Crippen LogP contribution >= 0.6 is 0 Å². The van der Waals surface area contributed by atoms with Crippen LogP contribution in [-0.4, -0.2) is 11.4 Å². The van der Waals surface area contributed by atoms with Gasteiger partial charge in [-0.25, -0.2) is 0 Å². The van der Waals surface area contributed by atoms with E-state index in [0.717, 1.165) is 12.4 Å². The van der Waals surface area contributed by atoms with E-state index in [1.165, 1.54) is 12.1 Å². The zero-order chi connectivity index (χ0) is 10.8. The van der Waals surface area contributed by atoms with E-state index >= 15 is 0 Å². The highest BCUT2D eigenvalue weighted by Crippen LogP contribution is 2.03. The Bertz CT molecular complexity index is 539. The predicted molar refractivity (Wildman–Crippen MR) is 51.2 cm³/mol. The predicted octanol–water partition coefficient (Wildman–Crippen LogP) is -0.0853. The lowest BCUT2D eigenvalue weighted by atomic mass is 10.3. The molecular weight excluding hydrogens is 198 g/mol. The molecule has 1 N–H and O–H groups in total. The third-order valence-electron chi connectivity index (χ3n) is 2.01. The molecule has 0 fully saturated rings. The van der Waals surface area contributed by atoms with Crippen molar-refractivity contribution >= 4 is 17.2 Å². The largest absolute Gasteiger partial charge is 0.618 e. The second kappa shape index (κ2) is 3.41. The molecule has 0 aliphatic heterocycles. The smallest absolute Gasteiger partial charge is 0.304 e. The Morgan fingerprint density at radius 3 is 2.53 bits per heavy atom. The molecule has 0 aliphatic carbocycles. The first kappa shape index (κ1) is 9.20. The molecular formula is C9H7N3O3. The van der Waals surface area contributed by atoms with Crippen molar-refractivity contribution in [2.75, 3.05) is 0 Å². The maximum Gasteiger partial charge on any atom is 0.304 e. The van der Waals surface area contributed by atoms with Crippen molar-refractivity contribution in [1.29, 1.82) is 0 Å². The zero-order valence-electron chi connectivity index (χ0n) is 7.57. The van der Waals surface area contributed by atoms with Gasteiger partial charge in [-0.2, -0.15) is 9.46 Å². The minimum absolute atomic E-state index is 0.0220. The lowest BCUT2D eigenvalue weighted by Crippen LogP contribution is -2.41. The van der Waals surface area contributed by atoms with Gasteiger partial charge in [0.15, 0.2) is 0 Å². The molecule has 0 saturated carbocycles. The number of fused-ring (bicyclic) bond motifs is 1. The summed E-state index contributed by atoms with van der Waals surface area (Å²) >= 11 is 0. The first-order valence-corrected chi connectivity index (χ1v) is 4.16. The van der Waals surface area contributed by atoms with Gasteiger partial charge in [0, 0.05) is 12.1 Å². The summed E-state index contributed by atoms with van der Waals surface area (Å²) in [6.45, 7) is 0. The van der Waals surface area contributed by atoms with Crippen LogP contribution < -0.4 is 9.46 Å². The average molecular weight is 205 g/mol. The lowest BCUT2D eigenvalue weighted by Gasteiger charge is -2.04. The number of nitrogens with zero attached hydrogens (tertiary/aromatic N) is 3. The quantitative estimate of drug-likeness (QED) is 0.232. The number of aromatic nitrogens is 2. The Morgan fingerprint density at radius 2 is 1.87 bits per heavy atom. The molecule has 0 bridgehead atoms. The van der Waals surface area contributed by atoms with Crippen molar-refractivity contribution < 1.29 is 14.7 Å². The van der Waals surface area contributed by atoms with Crippen LogP contribution in [0.25, 0.3) is 11.0 Å². The summed E-state index contributed by atoms with van der Waals surface area (Å²) < 4.78 is 1.09. The van der Waals surface area contributed by atoms with E-state index in [1.54, 1.807) is 12.1 Å². The fourth-order valence-corrected chi connectivity index (χ4v) is 1.35. The van der Waals surface area contributed by atoms with Crippen LogP contribution in [0.15, 0.2) is 35.6 Å². The number of benzene rings is 1. The highest BCUT2D eigenvalue weighted by atomic mass is 16.5. The molecule has 0 aliphatic rings. The Labute approximate surface area is 84.5 Å². The minimum Gasteiger partial charge on any atom is -0.618 e. The van der Waals surface area contributed by atoms with Crippen LogP contribution in [0.3, 0.4) is 0 Å². The average Bonchev–Trinajstić information content (AvgIpc) is 2.26. The summed E-state index contributed by atoms with van der Waals surface area (Å²) in [6, 6.07) is 6.37. The Balaban J connectivity index is 2.84. The number of hydrogen-bond acceptors (Lipinski definition) is 4. The molecule has 0 saturated heterocycles. The van der Waals surface area contributed by atoms with E-state index in [-0.39, 0.29) is 16.7 Å². The second-order valence-electron chi connectivity index (χ2n) is 2.91. The highest BCUT2D eigenvalue weighted by molar-refractivity contribution is 5.76. The van der Waals surface area contributed by atoms with Crippen molar-refractivity contribution in [1.82, 2.24) is 0 Å². The van der Waals surface area contributed by atoms with Crippen LogP contribution in [0.5, 0.6) is 0 Å².